The van der Waals surface area contributed by atoms with Crippen molar-refractivity contribution in [1.29, 1.82) is 0 Å². The second kappa shape index (κ2) is 5.46. The zero-order valence-electron chi connectivity index (χ0n) is 10.8. The quantitative estimate of drug-likeness (QED) is 0.816. The first-order valence-electron chi connectivity index (χ1n) is 6.30. The third kappa shape index (κ3) is 2.64. The first-order chi connectivity index (χ1) is 9.36. The van der Waals surface area contributed by atoms with E-state index < -0.39 is 0 Å². The zero-order valence-corrected chi connectivity index (χ0v) is 10.8. The average Bonchev–Trinajstić information content (AvgIpc) is 2.47. The number of anilines is 1. The van der Waals surface area contributed by atoms with Gasteiger partial charge in [-0.05, 0) is 12.1 Å². The van der Waals surface area contributed by atoms with Gasteiger partial charge in [0.2, 0.25) is 0 Å². The molecule has 3 heterocycles. The zero-order chi connectivity index (χ0) is 13.1. The first-order valence-corrected chi connectivity index (χ1v) is 6.30. The Bertz CT molecular complexity index is 561. The summed E-state index contributed by atoms with van der Waals surface area (Å²) < 4.78 is 10.8. The molecule has 0 amide bonds. The molecule has 1 fully saturated rings. The molecule has 1 aliphatic heterocycles. The van der Waals surface area contributed by atoms with Gasteiger partial charge in [-0.2, -0.15) is 0 Å². The molecule has 0 aromatic carbocycles. The number of methoxy groups -OCH3 is 1. The van der Waals surface area contributed by atoms with Crippen LogP contribution in [0, 0.1) is 0 Å². The van der Waals surface area contributed by atoms with Crippen LogP contribution in [0.1, 0.15) is 0 Å². The maximum atomic E-state index is 5.64. The van der Waals surface area contributed by atoms with Crippen LogP contribution >= 0.6 is 0 Å². The van der Waals surface area contributed by atoms with E-state index in [0.717, 1.165) is 24.4 Å². The maximum absolute atomic E-state index is 5.64. The molecule has 19 heavy (non-hydrogen) atoms. The van der Waals surface area contributed by atoms with Crippen LogP contribution in [0.2, 0.25) is 0 Å². The molecule has 6 heteroatoms. The van der Waals surface area contributed by atoms with Crippen molar-refractivity contribution in [2.24, 2.45) is 0 Å². The molecule has 1 aliphatic rings. The minimum atomic E-state index is 0.0955. The molecule has 2 aromatic heterocycles. The van der Waals surface area contributed by atoms with Crippen LogP contribution in [-0.2, 0) is 9.47 Å². The number of morpholine rings is 1. The lowest BCUT2D eigenvalue weighted by Gasteiger charge is -2.33. The lowest BCUT2D eigenvalue weighted by Crippen LogP contribution is -2.44. The Labute approximate surface area is 111 Å². The number of fused-ring (bicyclic) bond motifs is 1. The van der Waals surface area contributed by atoms with Crippen molar-refractivity contribution >= 4 is 17.0 Å². The summed E-state index contributed by atoms with van der Waals surface area (Å²) in [6.07, 6.45) is 3.43. The molecule has 0 radical (unpaired) electrons. The third-order valence-corrected chi connectivity index (χ3v) is 3.13. The number of aromatic nitrogens is 3. The second-order valence-corrected chi connectivity index (χ2v) is 4.46. The Morgan fingerprint density at radius 2 is 2.26 bits per heavy atom. The van der Waals surface area contributed by atoms with Crippen molar-refractivity contribution in [2.75, 3.05) is 38.3 Å². The fourth-order valence-corrected chi connectivity index (χ4v) is 2.23. The standard InChI is InChI=1S/C13H16N4O2/c1-18-9-10-8-17(6-7-19-10)12-3-2-11-13(16-12)15-5-4-14-11/h2-5,10H,6-9H2,1H3/t10-/m0/s1. The summed E-state index contributed by atoms with van der Waals surface area (Å²) in [7, 11) is 1.69. The highest BCUT2D eigenvalue weighted by Crippen LogP contribution is 2.17. The summed E-state index contributed by atoms with van der Waals surface area (Å²) in [5.74, 6) is 0.914. The molecular weight excluding hydrogens is 244 g/mol. The number of pyridine rings is 1. The molecule has 0 unspecified atom stereocenters. The minimum Gasteiger partial charge on any atom is -0.382 e. The van der Waals surface area contributed by atoms with Crippen LogP contribution in [0.4, 0.5) is 5.82 Å². The number of rotatable bonds is 3. The monoisotopic (exact) mass is 260 g/mol. The number of ether oxygens (including phenoxy) is 2. The molecule has 2 aromatic rings. The minimum absolute atomic E-state index is 0.0955. The van der Waals surface area contributed by atoms with Gasteiger partial charge in [-0.15, -0.1) is 0 Å². The van der Waals surface area contributed by atoms with Gasteiger partial charge in [0.15, 0.2) is 5.65 Å². The fourth-order valence-electron chi connectivity index (χ4n) is 2.23. The smallest absolute Gasteiger partial charge is 0.180 e. The van der Waals surface area contributed by atoms with Gasteiger partial charge in [-0.1, -0.05) is 0 Å². The molecule has 0 saturated carbocycles. The van der Waals surface area contributed by atoms with Gasteiger partial charge in [0.1, 0.15) is 11.3 Å². The average molecular weight is 260 g/mol. The van der Waals surface area contributed by atoms with E-state index in [4.69, 9.17) is 9.47 Å². The van der Waals surface area contributed by atoms with Crippen LogP contribution in [-0.4, -0.2) is 54.5 Å². The first kappa shape index (κ1) is 12.3. The molecule has 3 rings (SSSR count). The molecule has 0 N–H and O–H groups in total. The summed E-state index contributed by atoms with van der Waals surface area (Å²) in [6.45, 7) is 2.91. The van der Waals surface area contributed by atoms with Gasteiger partial charge in [-0.25, -0.2) is 9.97 Å². The topological polar surface area (TPSA) is 60.4 Å². The van der Waals surface area contributed by atoms with E-state index in [1.807, 2.05) is 12.1 Å². The predicted molar refractivity (Wildman–Crippen MR) is 71.2 cm³/mol. The van der Waals surface area contributed by atoms with Crippen molar-refractivity contribution in [2.45, 2.75) is 6.10 Å². The summed E-state index contributed by atoms with van der Waals surface area (Å²) in [5, 5.41) is 0. The third-order valence-electron chi connectivity index (χ3n) is 3.13. The van der Waals surface area contributed by atoms with E-state index in [9.17, 15) is 0 Å². The molecule has 0 aliphatic carbocycles. The van der Waals surface area contributed by atoms with Crippen molar-refractivity contribution in [3.63, 3.8) is 0 Å². The SMILES string of the molecule is COC[C@@H]1CN(c2ccc3nccnc3n2)CCO1. The van der Waals surface area contributed by atoms with E-state index in [-0.39, 0.29) is 6.10 Å². The summed E-state index contributed by atoms with van der Waals surface area (Å²) in [5.41, 5.74) is 1.49. The van der Waals surface area contributed by atoms with Crippen molar-refractivity contribution in [3.05, 3.63) is 24.5 Å². The Kier molecular flexibility index (Phi) is 3.52. The van der Waals surface area contributed by atoms with Gasteiger partial charge in [-0.3, -0.25) is 4.98 Å². The van der Waals surface area contributed by atoms with E-state index in [2.05, 4.69) is 19.9 Å². The highest BCUT2D eigenvalue weighted by molar-refractivity contribution is 5.71. The molecule has 100 valence electrons. The van der Waals surface area contributed by atoms with E-state index in [1.165, 1.54) is 0 Å². The van der Waals surface area contributed by atoms with Crippen molar-refractivity contribution < 1.29 is 9.47 Å². The summed E-state index contributed by atoms with van der Waals surface area (Å²) >= 11 is 0. The molecule has 0 bridgehead atoms. The van der Waals surface area contributed by atoms with E-state index >= 15 is 0 Å². The Balaban J connectivity index is 1.83. The van der Waals surface area contributed by atoms with Gasteiger partial charge in [0, 0.05) is 32.6 Å². The van der Waals surface area contributed by atoms with Crippen LogP contribution < -0.4 is 4.90 Å². The molecular formula is C13H16N4O2. The van der Waals surface area contributed by atoms with Gasteiger partial charge < -0.3 is 14.4 Å². The Hall–Kier alpha value is -1.79. The van der Waals surface area contributed by atoms with Crippen LogP contribution in [0.15, 0.2) is 24.5 Å². The van der Waals surface area contributed by atoms with E-state index in [1.54, 1.807) is 19.5 Å². The molecule has 1 saturated heterocycles. The number of nitrogens with zero attached hydrogens (tertiary/aromatic N) is 4. The highest BCUT2D eigenvalue weighted by Gasteiger charge is 2.21. The maximum Gasteiger partial charge on any atom is 0.180 e. The van der Waals surface area contributed by atoms with Gasteiger partial charge in [0.25, 0.3) is 0 Å². The highest BCUT2D eigenvalue weighted by atomic mass is 16.5. The molecule has 1 atom stereocenters. The predicted octanol–water partition coefficient (Wildman–Crippen LogP) is 0.876. The lowest BCUT2D eigenvalue weighted by molar-refractivity contribution is -0.0102. The van der Waals surface area contributed by atoms with Crippen molar-refractivity contribution in [1.82, 2.24) is 15.0 Å². The normalized spacial score (nSPS) is 19.8. The van der Waals surface area contributed by atoms with Crippen LogP contribution in [0.5, 0.6) is 0 Å². The summed E-state index contributed by atoms with van der Waals surface area (Å²) in [6, 6.07) is 3.93. The van der Waals surface area contributed by atoms with Crippen LogP contribution in [0.3, 0.4) is 0 Å². The van der Waals surface area contributed by atoms with Gasteiger partial charge in [0.05, 0.1) is 19.3 Å². The lowest BCUT2D eigenvalue weighted by atomic mass is 10.2. The number of hydrogen-bond acceptors (Lipinski definition) is 6. The fraction of sp³-hybridized carbons (Fsp3) is 0.462. The van der Waals surface area contributed by atoms with Crippen LogP contribution in [0.25, 0.3) is 11.2 Å². The van der Waals surface area contributed by atoms with Crippen molar-refractivity contribution in [3.8, 4) is 0 Å². The van der Waals surface area contributed by atoms with Gasteiger partial charge >= 0.3 is 0 Å². The second-order valence-electron chi connectivity index (χ2n) is 4.46. The molecule has 6 nitrogen and oxygen atoms in total. The number of hydrogen-bond donors (Lipinski definition) is 0. The largest absolute Gasteiger partial charge is 0.382 e. The van der Waals surface area contributed by atoms with E-state index in [0.29, 0.717) is 18.9 Å². The Morgan fingerprint density at radius 1 is 1.37 bits per heavy atom. The Morgan fingerprint density at radius 3 is 3.16 bits per heavy atom. The molecule has 0 spiro atoms. The summed E-state index contributed by atoms with van der Waals surface area (Å²) in [4.78, 5) is 15.2.